The monoisotopic (exact) mass is 255 g/mol. The molecule has 0 radical (unpaired) electrons. The average Bonchev–Trinajstić information content (AvgIpc) is 2.20. The first-order valence-corrected chi connectivity index (χ1v) is 4.79. The smallest absolute Gasteiger partial charge is 0.161 e. The second-order valence-corrected chi connectivity index (χ2v) is 3.49. The molecule has 0 aromatic heterocycles. The Morgan fingerprint density at radius 3 is 2.36 bits per heavy atom. The fraction of sp³-hybridized carbons (Fsp3) is 0.300. The molecule has 0 atom stereocenters. The number of rotatable bonds is 3. The van der Waals surface area contributed by atoms with Crippen molar-refractivity contribution in [1.29, 1.82) is 5.26 Å². The molecule has 0 aliphatic carbocycles. The highest BCUT2D eigenvalue weighted by Gasteiger charge is 2.08. The van der Waals surface area contributed by atoms with Crippen LogP contribution < -0.4 is 9.47 Å². The molecule has 1 aromatic rings. The van der Waals surface area contributed by atoms with Crippen molar-refractivity contribution in [3.8, 4) is 17.6 Å². The summed E-state index contributed by atoms with van der Waals surface area (Å²) in [6.45, 7) is 0. The van der Waals surface area contributed by atoms with E-state index >= 15 is 0 Å². The quantitative estimate of drug-likeness (QED) is 0.834. The molecule has 0 aliphatic rings. The van der Waals surface area contributed by atoms with E-state index in [2.05, 4.69) is 22.0 Å². The van der Waals surface area contributed by atoms with Gasteiger partial charge >= 0.3 is 0 Å². The van der Waals surface area contributed by atoms with E-state index in [0.717, 1.165) is 10.0 Å². The van der Waals surface area contributed by atoms with E-state index in [1.54, 1.807) is 26.4 Å². The third-order valence-electron chi connectivity index (χ3n) is 1.82. The lowest BCUT2D eigenvalue weighted by atomic mass is 10.1. The Bertz CT molecular complexity index is 371. The molecule has 0 saturated heterocycles. The summed E-state index contributed by atoms with van der Waals surface area (Å²) in [5.41, 5.74) is 0.894. The highest BCUT2D eigenvalue weighted by molar-refractivity contribution is 9.10. The summed E-state index contributed by atoms with van der Waals surface area (Å²) < 4.78 is 11.1. The predicted molar refractivity (Wildman–Crippen MR) is 56.6 cm³/mol. The van der Waals surface area contributed by atoms with Crippen LogP contribution in [0.15, 0.2) is 16.6 Å². The van der Waals surface area contributed by atoms with E-state index < -0.39 is 0 Å². The van der Waals surface area contributed by atoms with Crippen LogP contribution in [-0.2, 0) is 6.42 Å². The summed E-state index contributed by atoms with van der Waals surface area (Å²) in [5.74, 6) is 1.29. The topological polar surface area (TPSA) is 42.2 Å². The number of methoxy groups -OCH3 is 2. The molecule has 0 aliphatic heterocycles. The van der Waals surface area contributed by atoms with Crippen LogP contribution >= 0.6 is 15.9 Å². The van der Waals surface area contributed by atoms with E-state index in [1.165, 1.54) is 0 Å². The van der Waals surface area contributed by atoms with Crippen LogP contribution in [0.25, 0.3) is 0 Å². The zero-order chi connectivity index (χ0) is 10.6. The van der Waals surface area contributed by atoms with Crippen molar-refractivity contribution in [2.45, 2.75) is 6.42 Å². The second kappa shape index (κ2) is 4.87. The van der Waals surface area contributed by atoms with E-state index in [4.69, 9.17) is 14.7 Å². The zero-order valence-corrected chi connectivity index (χ0v) is 9.59. The van der Waals surface area contributed by atoms with Gasteiger partial charge in [-0.25, -0.2) is 0 Å². The fourth-order valence-corrected chi connectivity index (χ4v) is 1.58. The van der Waals surface area contributed by atoms with Gasteiger partial charge in [0.2, 0.25) is 0 Å². The van der Waals surface area contributed by atoms with Gasteiger partial charge in [-0.05, 0) is 17.7 Å². The van der Waals surface area contributed by atoms with Crippen LogP contribution in [0.2, 0.25) is 0 Å². The third kappa shape index (κ3) is 2.18. The van der Waals surface area contributed by atoms with Gasteiger partial charge in [-0.1, -0.05) is 15.9 Å². The van der Waals surface area contributed by atoms with Crippen molar-refractivity contribution in [2.75, 3.05) is 14.2 Å². The van der Waals surface area contributed by atoms with Gasteiger partial charge in [0.05, 0.1) is 26.7 Å². The zero-order valence-electron chi connectivity index (χ0n) is 8.00. The van der Waals surface area contributed by atoms with Gasteiger partial charge in [-0.15, -0.1) is 0 Å². The Labute approximate surface area is 91.4 Å². The molecular weight excluding hydrogens is 246 g/mol. The van der Waals surface area contributed by atoms with Crippen molar-refractivity contribution in [1.82, 2.24) is 0 Å². The number of benzene rings is 1. The normalized spacial score (nSPS) is 9.29. The molecule has 4 heteroatoms. The molecule has 3 nitrogen and oxygen atoms in total. The Morgan fingerprint density at radius 2 is 1.86 bits per heavy atom. The molecule has 0 saturated carbocycles. The summed E-state index contributed by atoms with van der Waals surface area (Å²) in [4.78, 5) is 0. The Kier molecular flexibility index (Phi) is 3.78. The standard InChI is InChI=1S/C10H10BrNO2/c1-13-9-5-7(3-4-12)8(11)6-10(9)14-2/h5-6H,3H2,1-2H3. The lowest BCUT2D eigenvalue weighted by molar-refractivity contribution is 0.354. The van der Waals surface area contributed by atoms with Crippen molar-refractivity contribution >= 4 is 15.9 Å². The Morgan fingerprint density at radius 1 is 1.29 bits per heavy atom. The Balaban J connectivity index is 3.17. The van der Waals surface area contributed by atoms with Gasteiger partial charge in [0.15, 0.2) is 11.5 Å². The van der Waals surface area contributed by atoms with Gasteiger partial charge in [-0.3, -0.25) is 0 Å². The number of nitriles is 1. The van der Waals surface area contributed by atoms with Crippen molar-refractivity contribution in [3.05, 3.63) is 22.2 Å². The SMILES string of the molecule is COc1cc(Br)c(CC#N)cc1OC. The van der Waals surface area contributed by atoms with Gasteiger partial charge in [0, 0.05) is 4.47 Å². The number of hydrogen-bond donors (Lipinski definition) is 0. The van der Waals surface area contributed by atoms with Crippen LogP contribution in [-0.4, -0.2) is 14.2 Å². The summed E-state index contributed by atoms with van der Waals surface area (Å²) in [7, 11) is 3.15. The molecule has 0 fully saturated rings. The highest BCUT2D eigenvalue weighted by Crippen LogP contribution is 2.33. The molecule has 0 unspecified atom stereocenters. The van der Waals surface area contributed by atoms with E-state index in [1.807, 2.05) is 0 Å². The molecule has 0 spiro atoms. The lowest BCUT2D eigenvalue weighted by Gasteiger charge is -2.09. The number of nitrogens with zero attached hydrogens (tertiary/aromatic N) is 1. The van der Waals surface area contributed by atoms with Gasteiger partial charge in [0.1, 0.15) is 0 Å². The molecular formula is C10H10BrNO2. The van der Waals surface area contributed by atoms with E-state index in [9.17, 15) is 0 Å². The molecule has 14 heavy (non-hydrogen) atoms. The minimum absolute atomic E-state index is 0.348. The molecule has 0 amide bonds. The van der Waals surface area contributed by atoms with Crippen molar-refractivity contribution < 1.29 is 9.47 Å². The van der Waals surface area contributed by atoms with E-state index in [0.29, 0.717) is 17.9 Å². The lowest BCUT2D eigenvalue weighted by Crippen LogP contribution is -1.93. The molecule has 0 heterocycles. The second-order valence-electron chi connectivity index (χ2n) is 2.63. The molecule has 1 aromatic carbocycles. The van der Waals surface area contributed by atoms with Crippen LogP contribution in [0.5, 0.6) is 11.5 Å². The van der Waals surface area contributed by atoms with Crippen LogP contribution in [0.1, 0.15) is 5.56 Å². The van der Waals surface area contributed by atoms with Crippen LogP contribution in [0.4, 0.5) is 0 Å². The van der Waals surface area contributed by atoms with Crippen molar-refractivity contribution in [2.24, 2.45) is 0 Å². The maximum atomic E-state index is 8.59. The maximum Gasteiger partial charge on any atom is 0.161 e. The van der Waals surface area contributed by atoms with Gasteiger partial charge in [-0.2, -0.15) is 5.26 Å². The average molecular weight is 256 g/mol. The first-order valence-electron chi connectivity index (χ1n) is 4.00. The largest absolute Gasteiger partial charge is 0.493 e. The first kappa shape index (κ1) is 10.9. The maximum absolute atomic E-state index is 8.59. The minimum Gasteiger partial charge on any atom is -0.493 e. The summed E-state index contributed by atoms with van der Waals surface area (Å²) in [6.07, 6.45) is 0.348. The van der Waals surface area contributed by atoms with Crippen LogP contribution in [0.3, 0.4) is 0 Å². The van der Waals surface area contributed by atoms with Crippen LogP contribution in [0, 0.1) is 11.3 Å². The number of halogens is 1. The predicted octanol–water partition coefficient (Wildman–Crippen LogP) is 2.53. The summed E-state index contributed by atoms with van der Waals surface area (Å²) in [5, 5.41) is 8.59. The highest BCUT2D eigenvalue weighted by atomic mass is 79.9. The molecule has 1 rings (SSSR count). The third-order valence-corrected chi connectivity index (χ3v) is 2.56. The molecule has 0 bridgehead atoms. The fourth-order valence-electron chi connectivity index (χ4n) is 1.12. The van der Waals surface area contributed by atoms with Gasteiger partial charge < -0.3 is 9.47 Å². The summed E-state index contributed by atoms with van der Waals surface area (Å²) in [6, 6.07) is 5.68. The minimum atomic E-state index is 0.348. The number of hydrogen-bond acceptors (Lipinski definition) is 3. The summed E-state index contributed by atoms with van der Waals surface area (Å²) >= 11 is 3.37. The van der Waals surface area contributed by atoms with E-state index in [-0.39, 0.29) is 0 Å². The number of ether oxygens (including phenoxy) is 2. The first-order chi connectivity index (χ1) is 6.72. The molecule has 0 N–H and O–H groups in total. The molecule has 74 valence electrons. The van der Waals surface area contributed by atoms with Crippen molar-refractivity contribution in [3.63, 3.8) is 0 Å². The van der Waals surface area contributed by atoms with Gasteiger partial charge in [0.25, 0.3) is 0 Å². The Hall–Kier alpha value is -1.21.